The zero-order valence-corrected chi connectivity index (χ0v) is 23.4. The van der Waals surface area contributed by atoms with Gasteiger partial charge in [-0.25, -0.2) is 0 Å². The monoisotopic (exact) mass is 468 g/mol. The Morgan fingerprint density at radius 2 is 0.971 bits per heavy atom. The first-order valence-electron chi connectivity index (χ1n) is 13.4. The number of hydrogen-bond donors (Lipinski definition) is 0. The van der Waals surface area contributed by atoms with Gasteiger partial charge in [-0.3, -0.25) is 9.69 Å². The first-order valence-corrected chi connectivity index (χ1v) is 13.4. The molecular formula is C31H52N2O. The van der Waals surface area contributed by atoms with Crippen molar-refractivity contribution in [2.45, 2.75) is 99.8 Å². The molecule has 0 saturated carbocycles. The van der Waals surface area contributed by atoms with Gasteiger partial charge >= 0.3 is 0 Å². The van der Waals surface area contributed by atoms with E-state index < -0.39 is 0 Å². The predicted octanol–water partition coefficient (Wildman–Crippen LogP) is 8.02. The SMILES string of the molecule is CC(C)=CCC/C(C)=C/CC/C(C)=C/CCC(=O)N1CCN(C/C=C(\C)CCC=C(C)C)CC1. The Morgan fingerprint density at radius 3 is 1.44 bits per heavy atom. The number of allylic oxidation sites excluding steroid dienone is 9. The molecule has 0 aromatic carbocycles. The van der Waals surface area contributed by atoms with Crippen molar-refractivity contribution in [3.05, 3.63) is 58.2 Å². The van der Waals surface area contributed by atoms with Crippen LogP contribution in [0, 0.1) is 0 Å². The van der Waals surface area contributed by atoms with Crippen LogP contribution in [0.1, 0.15) is 99.8 Å². The van der Waals surface area contributed by atoms with Crippen LogP contribution in [0.15, 0.2) is 58.2 Å². The fourth-order valence-electron chi connectivity index (χ4n) is 4.09. The minimum atomic E-state index is 0.312. The second-order valence-electron chi connectivity index (χ2n) is 10.6. The van der Waals surface area contributed by atoms with Crippen LogP contribution < -0.4 is 0 Å². The maximum atomic E-state index is 12.6. The van der Waals surface area contributed by atoms with Crippen LogP contribution in [0.25, 0.3) is 0 Å². The summed E-state index contributed by atoms with van der Waals surface area (Å²) >= 11 is 0. The van der Waals surface area contributed by atoms with Gasteiger partial charge in [0.15, 0.2) is 0 Å². The summed E-state index contributed by atoms with van der Waals surface area (Å²) < 4.78 is 0. The van der Waals surface area contributed by atoms with Crippen LogP contribution in [0.2, 0.25) is 0 Å². The van der Waals surface area contributed by atoms with Crippen molar-refractivity contribution in [1.29, 1.82) is 0 Å². The highest BCUT2D eigenvalue weighted by Crippen LogP contribution is 2.13. The summed E-state index contributed by atoms with van der Waals surface area (Å²) in [5.41, 5.74) is 7.14. The molecule has 0 bridgehead atoms. The third-order valence-corrected chi connectivity index (χ3v) is 6.49. The Bertz CT molecular complexity index is 750. The molecule has 1 amide bonds. The van der Waals surface area contributed by atoms with Crippen molar-refractivity contribution >= 4 is 5.91 Å². The lowest BCUT2D eigenvalue weighted by Gasteiger charge is -2.34. The van der Waals surface area contributed by atoms with E-state index in [1.165, 1.54) is 27.9 Å². The molecular weight excluding hydrogens is 416 g/mol. The van der Waals surface area contributed by atoms with Gasteiger partial charge in [-0.15, -0.1) is 0 Å². The molecule has 0 unspecified atom stereocenters. The summed E-state index contributed by atoms with van der Waals surface area (Å²) in [5.74, 6) is 0.312. The van der Waals surface area contributed by atoms with Gasteiger partial charge in [0.05, 0.1) is 0 Å². The first-order chi connectivity index (χ1) is 16.2. The number of nitrogens with zero attached hydrogens (tertiary/aromatic N) is 2. The molecule has 0 atom stereocenters. The van der Waals surface area contributed by atoms with Gasteiger partial charge in [0.1, 0.15) is 0 Å². The van der Waals surface area contributed by atoms with Crippen molar-refractivity contribution in [2.75, 3.05) is 32.7 Å². The Hall–Kier alpha value is -1.87. The fraction of sp³-hybridized carbons (Fsp3) is 0.645. The molecule has 1 rings (SSSR count). The lowest BCUT2D eigenvalue weighted by molar-refractivity contribution is -0.132. The van der Waals surface area contributed by atoms with Crippen LogP contribution in [0.3, 0.4) is 0 Å². The second kappa shape index (κ2) is 17.5. The Balaban J connectivity index is 2.24. The molecule has 34 heavy (non-hydrogen) atoms. The van der Waals surface area contributed by atoms with E-state index in [2.05, 4.69) is 88.6 Å². The minimum absolute atomic E-state index is 0.312. The average molecular weight is 469 g/mol. The van der Waals surface area contributed by atoms with Gasteiger partial charge in [-0.1, -0.05) is 58.2 Å². The quantitative estimate of drug-likeness (QED) is 0.241. The van der Waals surface area contributed by atoms with E-state index in [0.29, 0.717) is 12.3 Å². The minimum Gasteiger partial charge on any atom is -0.340 e. The summed E-state index contributed by atoms with van der Waals surface area (Å²) in [4.78, 5) is 17.1. The predicted molar refractivity (Wildman–Crippen MR) is 150 cm³/mol. The van der Waals surface area contributed by atoms with Gasteiger partial charge < -0.3 is 4.90 Å². The third kappa shape index (κ3) is 15.1. The van der Waals surface area contributed by atoms with Crippen molar-refractivity contribution in [3.63, 3.8) is 0 Å². The van der Waals surface area contributed by atoms with E-state index in [0.717, 1.165) is 77.7 Å². The topological polar surface area (TPSA) is 23.6 Å². The molecule has 0 aliphatic carbocycles. The van der Waals surface area contributed by atoms with E-state index in [1.807, 2.05) is 0 Å². The molecule has 3 heteroatoms. The highest BCUT2D eigenvalue weighted by molar-refractivity contribution is 5.76. The Labute approximate surface area is 211 Å². The van der Waals surface area contributed by atoms with Gasteiger partial charge in [0, 0.05) is 39.1 Å². The maximum Gasteiger partial charge on any atom is 0.222 e. The number of rotatable bonds is 14. The highest BCUT2D eigenvalue weighted by atomic mass is 16.2. The molecule has 1 fully saturated rings. The molecule has 0 aromatic rings. The lowest BCUT2D eigenvalue weighted by atomic mass is 10.1. The van der Waals surface area contributed by atoms with Gasteiger partial charge in [-0.05, 0) is 93.4 Å². The fourth-order valence-corrected chi connectivity index (χ4v) is 4.09. The zero-order valence-electron chi connectivity index (χ0n) is 23.4. The largest absolute Gasteiger partial charge is 0.340 e. The van der Waals surface area contributed by atoms with Gasteiger partial charge in [0.2, 0.25) is 5.91 Å². The van der Waals surface area contributed by atoms with E-state index in [9.17, 15) is 4.79 Å². The summed E-state index contributed by atoms with van der Waals surface area (Å²) in [7, 11) is 0. The van der Waals surface area contributed by atoms with Crippen molar-refractivity contribution in [1.82, 2.24) is 9.80 Å². The Kier molecular flexibility index (Phi) is 15.6. The normalized spacial score (nSPS) is 16.0. The molecule has 0 N–H and O–H groups in total. The zero-order chi connectivity index (χ0) is 25.3. The number of piperazine rings is 1. The first kappa shape index (κ1) is 30.2. The van der Waals surface area contributed by atoms with Crippen LogP contribution in [-0.2, 0) is 4.79 Å². The molecule has 1 aliphatic rings. The molecule has 0 aromatic heterocycles. The van der Waals surface area contributed by atoms with Crippen molar-refractivity contribution in [2.24, 2.45) is 0 Å². The molecule has 1 saturated heterocycles. The molecule has 0 spiro atoms. The molecule has 3 nitrogen and oxygen atoms in total. The van der Waals surface area contributed by atoms with E-state index in [1.54, 1.807) is 0 Å². The summed E-state index contributed by atoms with van der Waals surface area (Å²) in [6, 6.07) is 0. The van der Waals surface area contributed by atoms with Crippen LogP contribution in [0.5, 0.6) is 0 Å². The number of hydrogen-bond acceptors (Lipinski definition) is 2. The summed E-state index contributed by atoms with van der Waals surface area (Å²) in [6.45, 7) is 20.0. The molecule has 1 heterocycles. The number of carbonyl (C=O) groups is 1. The smallest absolute Gasteiger partial charge is 0.222 e. The number of carbonyl (C=O) groups excluding carboxylic acids is 1. The van der Waals surface area contributed by atoms with Crippen LogP contribution in [0.4, 0.5) is 0 Å². The van der Waals surface area contributed by atoms with Crippen molar-refractivity contribution < 1.29 is 4.79 Å². The molecule has 1 aliphatic heterocycles. The van der Waals surface area contributed by atoms with Crippen molar-refractivity contribution in [3.8, 4) is 0 Å². The van der Waals surface area contributed by atoms with E-state index in [-0.39, 0.29) is 0 Å². The van der Waals surface area contributed by atoms with E-state index >= 15 is 0 Å². The van der Waals surface area contributed by atoms with Crippen LogP contribution >= 0.6 is 0 Å². The lowest BCUT2D eigenvalue weighted by Crippen LogP contribution is -2.48. The molecule has 192 valence electrons. The summed E-state index contributed by atoms with van der Waals surface area (Å²) in [5, 5.41) is 0. The Morgan fingerprint density at radius 1 is 0.559 bits per heavy atom. The highest BCUT2D eigenvalue weighted by Gasteiger charge is 2.19. The van der Waals surface area contributed by atoms with E-state index in [4.69, 9.17) is 0 Å². The second-order valence-corrected chi connectivity index (χ2v) is 10.6. The van der Waals surface area contributed by atoms with Gasteiger partial charge in [0.25, 0.3) is 0 Å². The average Bonchev–Trinajstić information content (AvgIpc) is 2.77. The standard InChI is InChI=1S/C31H52N2O/c1-26(2)12-8-14-28(5)16-10-17-29(6)18-11-19-31(34)33-24-22-32(23-25-33)21-20-30(7)15-9-13-27(3)4/h12-13,16,18,20H,8-11,14-15,17,19,21-25H2,1-7H3/b28-16+,29-18+,30-20+. The third-order valence-electron chi connectivity index (χ3n) is 6.49. The maximum absolute atomic E-state index is 12.6. The van der Waals surface area contributed by atoms with Crippen LogP contribution in [-0.4, -0.2) is 48.4 Å². The number of amides is 1. The summed E-state index contributed by atoms with van der Waals surface area (Å²) in [6.07, 6.45) is 19.9. The molecule has 0 radical (unpaired) electrons. The van der Waals surface area contributed by atoms with Gasteiger partial charge in [-0.2, -0.15) is 0 Å².